The molecule has 142 valence electrons. The van der Waals surface area contributed by atoms with Crippen molar-refractivity contribution in [2.24, 2.45) is 0 Å². The van der Waals surface area contributed by atoms with Crippen LogP contribution < -0.4 is 4.74 Å². The Labute approximate surface area is 167 Å². The van der Waals surface area contributed by atoms with E-state index in [-0.39, 0.29) is 9.21 Å². The van der Waals surface area contributed by atoms with Crippen LogP contribution in [0.25, 0.3) is 0 Å². The smallest absolute Gasteiger partial charge is 0.120 e. The Kier molecular flexibility index (Phi) is 8.92. The van der Waals surface area contributed by atoms with Gasteiger partial charge in [0, 0.05) is 19.0 Å². The van der Waals surface area contributed by atoms with Crippen LogP contribution in [-0.2, 0) is 11.2 Å². The summed E-state index contributed by atoms with van der Waals surface area (Å²) in [5, 5.41) is 0. The molecule has 4 heteroatoms. The third-order valence-electron chi connectivity index (χ3n) is 4.17. The molecule has 1 aromatic carbocycles. The Morgan fingerprint density at radius 1 is 1.20 bits per heavy atom. The average Bonchev–Trinajstić information content (AvgIpc) is 2.47. The molecule has 0 aliphatic rings. The van der Waals surface area contributed by atoms with E-state index in [2.05, 4.69) is 100 Å². The number of nitrogens with zero attached hydrogens (tertiary/aromatic N) is 1. The molecule has 0 bridgehead atoms. The highest BCUT2D eigenvalue weighted by Crippen LogP contribution is 2.24. The second-order valence-corrected chi connectivity index (χ2v) is 10.3. The van der Waals surface area contributed by atoms with Gasteiger partial charge in [-0.2, -0.15) is 0 Å². The van der Waals surface area contributed by atoms with Gasteiger partial charge in [-0.05, 0) is 88.4 Å². The number of halogens is 1. The third kappa shape index (κ3) is 9.61. The zero-order valence-corrected chi connectivity index (χ0v) is 18.8. The van der Waals surface area contributed by atoms with Crippen LogP contribution in [0.2, 0.25) is 0 Å². The zero-order chi connectivity index (χ0) is 19.1. The van der Waals surface area contributed by atoms with Gasteiger partial charge >= 0.3 is 0 Å². The van der Waals surface area contributed by atoms with E-state index >= 15 is 0 Å². The topological polar surface area (TPSA) is 21.7 Å². The van der Waals surface area contributed by atoms with Gasteiger partial charge in [-0.15, -0.1) is 6.58 Å². The Morgan fingerprint density at radius 2 is 1.80 bits per heavy atom. The van der Waals surface area contributed by atoms with Gasteiger partial charge in [0.25, 0.3) is 0 Å². The number of rotatable bonds is 11. The highest BCUT2D eigenvalue weighted by atomic mass is 127. The van der Waals surface area contributed by atoms with Crippen molar-refractivity contribution in [3.8, 4) is 5.75 Å². The van der Waals surface area contributed by atoms with E-state index in [9.17, 15) is 0 Å². The van der Waals surface area contributed by atoms with Crippen LogP contribution in [0.15, 0.2) is 36.9 Å². The van der Waals surface area contributed by atoms with E-state index in [1.54, 1.807) is 0 Å². The fourth-order valence-electron chi connectivity index (χ4n) is 2.48. The molecule has 0 aliphatic heterocycles. The standard InChI is InChI=1S/C21H34INO2/c1-8-14-23(7)17(2)16-18-9-11-19(12-10-18)25-20(3,4)13-15-24-21(5,6)22/h8-12,17H,1,13-16H2,2-7H3. The molecule has 0 amide bonds. The van der Waals surface area contributed by atoms with Crippen LogP contribution in [0.4, 0.5) is 0 Å². The molecule has 1 rings (SSSR count). The van der Waals surface area contributed by atoms with Gasteiger partial charge < -0.3 is 9.47 Å². The molecule has 1 aromatic rings. The first kappa shape index (κ1) is 22.5. The normalized spacial score (nSPS) is 13.8. The van der Waals surface area contributed by atoms with E-state index in [0.717, 1.165) is 25.1 Å². The Bertz CT molecular complexity index is 520. The summed E-state index contributed by atoms with van der Waals surface area (Å²) in [6.45, 7) is 16.0. The molecule has 0 aliphatic carbocycles. The summed E-state index contributed by atoms with van der Waals surface area (Å²) >= 11 is 2.30. The van der Waals surface area contributed by atoms with E-state index in [1.807, 2.05) is 6.08 Å². The molecular weight excluding hydrogens is 425 g/mol. The molecule has 0 radical (unpaired) electrons. The minimum atomic E-state index is -0.249. The summed E-state index contributed by atoms with van der Waals surface area (Å²) in [6, 6.07) is 8.94. The van der Waals surface area contributed by atoms with E-state index in [4.69, 9.17) is 9.47 Å². The molecule has 0 N–H and O–H groups in total. The van der Waals surface area contributed by atoms with Crippen molar-refractivity contribution >= 4 is 22.6 Å². The second-order valence-electron chi connectivity index (χ2n) is 7.75. The summed E-state index contributed by atoms with van der Waals surface area (Å²) < 4.78 is 11.8. The number of hydrogen-bond donors (Lipinski definition) is 0. The molecule has 25 heavy (non-hydrogen) atoms. The average molecular weight is 459 g/mol. The molecule has 0 fully saturated rings. The van der Waals surface area contributed by atoms with Crippen LogP contribution in [0.1, 0.15) is 46.6 Å². The Balaban J connectivity index is 2.53. The molecule has 1 atom stereocenters. The minimum Gasteiger partial charge on any atom is -0.488 e. The summed E-state index contributed by atoms with van der Waals surface area (Å²) in [6.07, 6.45) is 3.82. The van der Waals surface area contributed by atoms with E-state index < -0.39 is 0 Å². The van der Waals surface area contributed by atoms with Crippen molar-refractivity contribution in [1.29, 1.82) is 0 Å². The lowest BCUT2D eigenvalue weighted by Gasteiger charge is -2.28. The predicted octanol–water partition coefficient (Wildman–Crippen LogP) is 5.47. The van der Waals surface area contributed by atoms with E-state index in [1.165, 1.54) is 5.56 Å². The quantitative estimate of drug-likeness (QED) is 0.249. The lowest BCUT2D eigenvalue weighted by Crippen LogP contribution is -2.31. The maximum atomic E-state index is 6.16. The fraction of sp³-hybridized carbons (Fsp3) is 0.619. The molecule has 0 saturated carbocycles. The lowest BCUT2D eigenvalue weighted by atomic mass is 10.0. The van der Waals surface area contributed by atoms with Crippen LogP contribution >= 0.6 is 22.6 Å². The van der Waals surface area contributed by atoms with Gasteiger partial charge in [0.2, 0.25) is 0 Å². The summed E-state index contributed by atoms with van der Waals surface area (Å²) in [5.74, 6) is 0.912. The van der Waals surface area contributed by atoms with E-state index in [0.29, 0.717) is 12.6 Å². The van der Waals surface area contributed by atoms with Crippen molar-refractivity contribution in [1.82, 2.24) is 4.90 Å². The van der Waals surface area contributed by atoms with Crippen molar-refractivity contribution in [2.75, 3.05) is 20.2 Å². The largest absolute Gasteiger partial charge is 0.488 e. The van der Waals surface area contributed by atoms with Gasteiger partial charge in [0.1, 0.15) is 15.0 Å². The van der Waals surface area contributed by atoms with Gasteiger partial charge in [-0.3, -0.25) is 4.90 Å². The monoisotopic (exact) mass is 459 g/mol. The van der Waals surface area contributed by atoms with Crippen LogP contribution in [0, 0.1) is 0 Å². The first-order valence-corrected chi connectivity index (χ1v) is 10.0. The SMILES string of the molecule is C=CCN(C)C(C)Cc1ccc(OC(C)(C)CCOC(C)(C)I)cc1. The summed E-state index contributed by atoms with van der Waals surface area (Å²) in [5.41, 5.74) is 1.07. The molecule has 1 unspecified atom stereocenters. The number of ether oxygens (including phenoxy) is 2. The highest BCUT2D eigenvalue weighted by Gasteiger charge is 2.22. The lowest BCUT2D eigenvalue weighted by molar-refractivity contribution is 0.0160. The van der Waals surface area contributed by atoms with Crippen LogP contribution in [-0.4, -0.2) is 40.3 Å². The molecule has 3 nitrogen and oxygen atoms in total. The third-order valence-corrected chi connectivity index (χ3v) is 4.48. The van der Waals surface area contributed by atoms with Gasteiger partial charge in [-0.25, -0.2) is 0 Å². The second kappa shape index (κ2) is 9.93. The van der Waals surface area contributed by atoms with Crippen LogP contribution in [0.5, 0.6) is 5.75 Å². The van der Waals surface area contributed by atoms with Crippen molar-refractivity contribution < 1.29 is 9.47 Å². The number of hydrogen-bond acceptors (Lipinski definition) is 3. The molecule has 0 saturated heterocycles. The first-order chi connectivity index (χ1) is 11.5. The van der Waals surface area contributed by atoms with Gasteiger partial charge in [0.05, 0.1) is 6.61 Å². The Hall–Kier alpha value is -0.590. The summed E-state index contributed by atoms with van der Waals surface area (Å²) in [4.78, 5) is 2.30. The maximum Gasteiger partial charge on any atom is 0.120 e. The van der Waals surface area contributed by atoms with Crippen molar-refractivity contribution in [2.45, 2.75) is 62.7 Å². The zero-order valence-electron chi connectivity index (χ0n) is 16.6. The molecule has 0 spiro atoms. The maximum absolute atomic E-state index is 6.16. The first-order valence-electron chi connectivity index (χ1n) is 8.94. The Morgan fingerprint density at radius 3 is 2.32 bits per heavy atom. The minimum absolute atomic E-state index is 0.134. The van der Waals surface area contributed by atoms with Crippen LogP contribution in [0.3, 0.4) is 0 Å². The number of likely N-dealkylation sites (N-methyl/N-ethyl adjacent to an activating group) is 1. The number of alkyl halides is 1. The number of benzene rings is 1. The summed E-state index contributed by atoms with van der Waals surface area (Å²) in [7, 11) is 2.13. The molecular formula is C21H34INO2. The van der Waals surface area contributed by atoms with Gasteiger partial charge in [0.15, 0.2) is 0 Å². The van der Waals surface area contributed by atoms with Gasteiger partial charge in [-0.1, -0.05) is 18.2 Å². The fourth-order valence-corrected chi connectivity index (χ4v) is 2.70. The molecule has 0 aromatic heterocycles. The predicted molar refractivity (Wildman–Crippen MR) is 116 cm³/mol. The molecule has 0 heterocycles. The van der Waals surface area contributed by atoms with Crippen molar-refractivity contribution in [3.05, 3.63) is 42.5 Å². The highest BCUT2D eigenvalue weighted by molar-refractivity contribution is 14.1. The van der Waals surface area contributed by atoms with Crippen molar-refractivity contribution in [3.63, 3.8) is 0 Å².